The van der Waals surface area contributed by atoms with Crippen molar-refractivity contribution in [3.8, 4) is 22.6 Å². The smallest absolute Gasteiger partial charge is 0.341 e. The first kappa shape index (κ1) is 30.0. The summed E-state index contributed by atoms with van der Waals surface area (Å²) in [5, 5.41) is 0. The zero-order chi connectivity index (χ0) is 29.7. The highest BCUT2D eigenvalue weighted by molar-refractivity contribution is 5.91. The molecule has 41 heavy (non-hydrogen) atoms. The van der Waals surface area contributed by atoms with Crippen LogP contribution >= 0.6 is 0 Å². The summed E-state index contributed by atoms with van der Waals surface area (Å²) in [6.45, 7) is 3.87. The van der Waals surface area contributed by atoms with Crippen LogP contribution in [0.1, 0.15) is 61.9 Å². The quantitative estimate of drug-likeness (QED) is 0.137. The Morgan fingerprint density at radius 1 is 0.756 bits per heavy atom. The Bertz CT molecular complexity index is 1470. The van der Waals surface area contributed by atoms with Gasteiger partial charge in [-0.1, -0.05) is 25.5 Å². The molecule has 0 N–H and O–H groups in total. The third kappa shape index (κ3) is 6.36. The van der Waals surface area contributed by atoms with Crippen LogP contribution in [0.4, 0.5) is 26.3 Å². The maximum absolute atomic E-state index is 14.9. The standard InChI is InChI=1S/C31H28F6O4/c1-3-5-16-40-24-14-12-19(25(32)30(24)37)17-6-8-18(9-7-17)41-31(38)22-11-10-20(26(33)28(22)35)21-13-15-23(39-4-2)29(36)27(21)34/h6,10-15,18H,3-5,7-9,16H2,1-2H3. The zero-order valence-electron chi connectivity index (χ0n) is 22.5. The third-order valence-electron chi connectivity index (χ3n) is 6.72. The molecular formula is C31H28F6O4. The summed E-state index contributed by atoms with van der Waals surface area (Å²) in [5.41, 5.74) is -1.27. The van der Waals surface area contributed by atoms with Crippen molar-refractivity contribution in [3.05, 3.63) is 88.5 Å². The summed E-state index contributed by atoms with van der Waals surface area (Å²) in [6.07, 6.45) is 3.02. The molecule has 4 rings (SSSR count). The van der Waals surface area contributed by atoms with Crippen LogP contribution in [0.25, 0.3) is 16.7 Å². The number of rotatable bonds is 10. The molecule has 0 heterocycles. The second kappa shape index (κ2) is 13.1. The summed E-state index contributed by atoms with van der Waals surface area (Å²) < 4.78 is 103. The summed E-state index contributed by atoms with van der Waals surface area (Å²) in [6, 6.07) is 6.82. The highest BCUT2D eigenvalue weighted by Gasteiger charge is 2.27. The second-order valence-corrected chi connectivity index (χ2v) is 9.43. The normalized spacial score (nSPS) is 14.9. The summed E-state index contributed by atoms with van der Waals surface area (Å²) in [5.74, 6) is -9.72. The average molecular weight is 579 g/mol. The fourth-order valence-corrected chi connectivity index (χ4v) is 4.52. The lowest BCUT2D eigenvalue weighted by Crippen LogP contribution is -2.21. The van der Waals surface area contributed by atoms with Crippen molar-refractivity contribution in [2.75, 3.05) is 13.2 Å². The number of unbranched alkanes of at least 4 members (excludes halogenated alkanes) is 1. The molecule has 0 aliphatic heterocycles. The largest absolute Gasteiger partial charge is 0.491 e. The molecule has 0 saturated heterocycles. The van der Waals surface area contributed by atoms with Crippen molar-refractivity contribution in [1.82, 2.24) is 0 Å². The molecule has 3 aromatic carbocycles. The van der Waals surface area contributed by atoms with Gasteiger partial charge >= 0.3 is 5.97 Å². The van der Waals surface area contributed by atoms with E-state index in [9.17, 15) is 31.1 Å². The highest BCUT2D eigenvalue weighted by atomic mass is 19.2. The molecule has 4 nitrogen and oxygen atoms in total. The Labute approximate surface area is 233 Å². The van der Waals surface area contributed by atoms with Crippen molar-refractivity contribution in [2.24, 2.45) is 0 Å². The van der Waals surface area contributed by atoms with Crippen LogP contribution in [0.5, 0.6) is 11.5 Å². The van der Waals surface area contributed by atoms with Crippen LogP contribution in [-0.2, 0) is 4.74 Å². The maximum Gasteiger partial charge on any atom is 0.341 e. The van der Waals surface area contributed by atoms with Crippen LogP contribution in [-0.4, -0.2) is 25.3 Å². The molecule has 0 amide bonds. The minimum Gasteiger partial charge on any atom is -0.491 e. The fourth-order valence-electron chi connectivity index (χ4n) is 4.52. The van der Waals surface area contributed by atoms with E-state index in [1.165, 1.54) is 12.1 Å². The number of carbonyl (C=O) groups is 1. The molecule has 3 aromatic rings. The maximum atomic E-state index is 14.9. The number of benzene rings is 3. The van der Waals surface area contributed by atoms with Gasteiger partial charge in [0.25, 0.3) is 0 Å². The molecule has 1 aliphatic rings. The van der Waals surface area contributed by atoms with Gasteiger partial charge in [-0.05, 0) is 62.1 Å². The lowest BCUT2D eigenvalue weighted by atomic mass is 9.91. The Kier molecular flexibility index (Phi) is 9.62. The molecule has 0 bridgehead atoms. The van der Waals surface area contributed by atoms with Crippen LogP contribution in [0.2, 0.25) is 0 Å². The first-order valence-corrected chi connectivity index (χ1v) is 13.3. The predicted octanol–water partition coefficient (Wildman–Crippen LogP) is 8.56. The van der Waals surface area contributed by atoms with E-state index < -0.39 is 63.7 Å². The average Bonchev–Trinajstić information content (AvgIpc) is 2.96. The number of hydrogen-bond donors (Lipinski definition) is 0. The zero-order valence-corrected chi connectivity index (χ0v) is 22.5. The Morgan fingerprint density at radius 3 is 1.95 bits per heavy atom. The van der Waals surface area contributed by atoms with E-state index in [0.29, 0.717) is 12.0 Å². The van der Waals surface area contributed by atoms with Crippen molar-refractivity contribution in [2.45, 2.75) is 52.1 Å². The number of halogens is 6. The first-order chi connectivity index (χ1) is 19.7. The number of carbonyl (C=O) groups excluding carboxylic acids is 1. The van der Waals surface area contributed by atoms with Crippen molar-refractivity contribution < 1.29 is 45.3 Å². The molecule has 10 heteroatoms. The molecule has 1 atom stereocenters. The molecule has 0 saturated carbocycles. The number of ether oxygens (including phenoxy) is 3. The topological polar surface area (TPSA) is 44.8 Å². The third-order valence-corrected chi connectivity index (χ3v) is 6.72. The Hall–Kier alpha value is -3.95. The van der Waals surface area contributed by atoms with E-state index in [2.05, 4.69) is 0 Å². The van der Waals surface area contributed by atoms with Crippen LogP contribution in [0, 0.1) is 34.9 Å². The van der Waals surface area contributed by atoms with Crippen molar-refractivity contribution in [3.63, 3.8) is 0 Å². The molecular weight excluding hydrogens is 550 g/mol. The molecule has 0 fully saturated rings. The fraction of sp³-hybridized carbons (Fsp3) is 0.323. The van der Waals surface area contributed by atoms with Gasteiger partial charge in [-0.25, -0.2) is 22.4 Å². The van der Waals surface area contributed by atoms with Crippen LogP contribution in [0.15, 0.2) is 42.5 Å². The van der Waals surface area contributed by atoms with E-state index in [1.807, 2.05) is 6.92 Å². The van der Waals surface area contributed by atoms with Gasteiger partial charge in [-0.2, -0.15) is 8.78 Å². The number of esters is 1. The minimum absolute atomic E-state index is 0.0665. The minimum atomic E-state index is -1.58. The molecule has 0 radical (unpaired) electrons. The predicted molar refractivity (Wildman–Crippen MR) is 141 cm³/mol. The molecule has 1 aliphatic carbocycles. The van der Waals surface area contributed by atoms with E-state index in [0.717, 1.165) is 30.7 Å². The van der Waals surface area contributed by atoms with Gasteiger partial charge in [-0.15, -0.1) is 0 Å². The first-order valence-electron chi connectivity index (χ1n) is 13.3. The van der Waals surface area contributed by atoms with Gasteiger partial charge in [-0.3, -0.25) is 0 Å². The van der Waals surface area contributed by atoms with Gasteiger partial charge in [0.05, 0.1) is 18.8 Å². The van der Waals surface area contributed by atoms with E-state index in [4.69, 9.17) is 14.2 Å². The van der Waals surface area contributed by atoms with Gasteiger partial charge in [0.2, 0.25) is 11.6 Å². The van der Waals surface area contributed by atoms with Gasteiger partial charge in [0.15, 0.2) is 34.8 Å². The summed E-state index contributed by atoms with van der Waals surface area (Å²) >= 11 is 0. The molecule has 0 aromatic heterocycles. The Balaban J connectivity index is 1.46. The van der Waals surface area contributed by atoms with Gasteiger partial charge < -0.3 is 14.2 Å². The van der Waals surface area contributed by atoms with Crippen LogP contribution < -0.4 is 9.47 Å². The molecule has 0 spiro atoms. The van der Waals surface area contributed by atoms with Gasteiger partial charge in [0.1, 0.15) is 6.10 Å². The molecule has 218 valence electrons. The number of allylic oxidation sites excluding steroid dienone is 1. The van der Waals surface area contributed by atoms with Crippen molar-refractivity contribution in [1.29, 1.82) is 0 Å². The van der Waals surface area contributed by atoms with Gasteiger partial charge in [0, 0.05) is 23.1 Å². The summed E-state index contributed by atoms with van der Waals surface area (Å²) in [4.78, 5) is 12.6. The lowest BCUT2D eigenvalue weighted by molar-refractivity contribution is 0.0279. The number of hydrogen-bond acceptors (Lipinski definition) is 4. The highest BCUT2D eigenvalue weighted by Crippen LogP contribution is 2.35. The lowest BCUT2D eigenvalue weighted by Gasteiger charge is -2.23. The van der Waals surface area contributed by atoms with Crippen molar-refractivity contribution >= 4 is 11.5 Å². The van der Waals surface area contributed by atoms with Crippen LogP contribution in [0.3, 0.4) is 0 Å². The SMILES string of the molecule is CCCCOc1ccc(C2=CCC(OC(=O)c3ccc(-c4ccc(OCC)c(F)c4F)c(F)c3F)CC2)c(F)c1F. The summed E-state index contributed by atoms with van der Waals surface area (Å²) in [7, 11) is 0. The second-order valence-electron chi connectivity index (χ2n) is 9.43. The monoisotopic (exact) mass is 578 g/mol. The van der Waals surface area contributed by atoms with E-state index in [1.54, 1.807) is 13.0 Å². The van der Waals surface area contributed by atoms with E-state index >= 15 is 0 Å². The van der Waals surface area contributed by atoms with E-state index in [-0.39, 0.29) is 49.5 Å². The molecule has 1 unspecified atom stereocenters. The Morgan fingerprint density at radius 2 is 1.34 bits per heavy atom.